The van der Waals surface area contributed by atoms with Crippen LogP contribution in [0.2, 0.25) is 0 Å². The van der Waals surface area contributed by atoms with Crippen molar-refractivity contribution in [2.45, 2.75) is 54.4 Å². The van der Waals surface area contributed by atoms with E-state index in [4.69, 9.17) is 14.2 Å². The number of rotatable bonds is 15. The van der Waals surface area contributed by atoms with Gasteiger partial charge in [-0.15, -0.1) is 11.3 Å². The summed E-state index contributed by atoms with van der Waals surface area (Å²) in [6.45, 7) is 15.6. The molecule has 4 aromatic carbocycles. The van der Waals surface area contributed by atoms with E-state index >= 15 is 0 Å². The van der Waals surface area contributed by atoms with E-state index in [0.717, 1.165) is 24.3 Å². The summed E-state index contributed by atoms with van der Waals surface area (Å²) in [6, 6.07) is 42.6. The summed E-state index contributed by atoms with van der Waals surface area (Å²) in [5, 5.41) is 5.14. The molecule has 66 heavy (non-hydrogen) atoms. The van der Waals surface area contributed by atoms with E-state index in [-0.39, 0.29) is 0 Å². The molecule has 6 aromatic rings. The number of ether oxygens (including phenoxy) is 3. The third kappa shape index (κ3) is 9.10. The molecule has 0 radical (unpaired) electrons. The van der Waals surface area contributed by atoms with E-state index in [2.05, 4.69) is 198 Å². The van der Waals surface area contributed by atoms with E-state index in [0.29, 0.717) is 38.3 Å². The van der Waals surface area contributed by atoms with Crippen molar-refractivity contribution in [2.24, 2.45) is 11.8 Å². The first-order valence-electron chi connectivity index (χ1n) is 23.0. The molecule has 0 atom stereocenters. The van der Waals surface area contributed by atoms with Crippen LogP contribution in [0.3, 0.4) is 0 Å². The van der Waals surface area contributed by atoms with Gasteiger partial charge in [0.05, 0.1) is 0 Å². The molecule has 1 fully saturated rings. The van der Waals surface area contributed by atoms with Gasteiger partial charge in [0.1, 0.15) is 0 Å². The van der Waals surface area contributed by atoms with Crippen LogP contribution in [-0.2, 0) is 35.5 Å². The summed E-state index contributed by atoms with van der Waals surface area (Å²) in [5.74, 6) is 2.81. The molecule has 0 unspecified atom stereocenters. The zero-order valence-electron chi connectivity index (χ0n) is 38.7. The average Bonchev–Trinajstić information content (AvgIpc) is 4.20. The van der Waals surface area contributed by atoms with Crippen molar-refractivity contribution in [1.29, 1.82) is 0 Å². The van der Waals surface area contributed by atoms with Crippen LogP contribution < -0.4 is 25.4 Å². The summed E-state index contributed by atoms with van der Waals surface area (Å²) < 4.78 is 23.9. The number of hydrogen-bond acceptors (Lipinski definition) is 5. The second-order valence-corrected chi connectivity index (χ2v) is 24.1. The SMILES string of the molecule is CC=C1COCC1=CC(=C([C]#[Os])[P+](c1ccccc1)(c1ccccc1)c1ccccc1)c1ccc(C2=Cc3c(c(OCC(C)C)c4c(c3OCC(C)C)CC(c3ccc(/C=C/C)s3)=C4)C2)s1. The van der Waals surface area contributed by atoms with E-state index in [1.54, 1.807) is 0 Å². The number of allylic oxidation sites excluding steroid dienone is 7. The average molecular weight is 1100 g/mol. The van der Waals surface area contributed by atoms with Crippen molar-refractivity contribution in [2.75, 3.05) is 26.4 Å². The molecule has 7 heteroatoms. The molecule has 0 bridgehead atoms. The van der Waals surface area contributed by atoms with Crippen LogP contribution in [0.25, 0.3) is 34.9 Å². The van der Waals surface area contributed by atoms with E-state index in [1.807, 2.05) is 40.6 Å². The van der Waals surface area contributed by atoms with Crippen LogP contribution in [0, 0.1) is 16.2 Å². The molecule has 0 saturated carbocycles. The van der Waals surface area contributed by atoms with Gasteiger partial charge in [-0.2, -0.15) is 0 Å². The quantitative estimate of drug-likeness (QED) is 0.0959. The molecule has 0 N–H and O–H groups in total. The number of fused-ring (bicyclic) bond motifs is 2. The Hall–Kier alpha value is -4.87. The molecule has 0 amide bonds. The summed E-state index contributed by atoms with van der Waals surface area (Å²) in [7, 11) is -2.50. The molecule has 3 nitrogen and oxygen atoms in total. The summed E-state index contributed by atoms with van der Waals surface area (Å²) in [6.07, 6.45) is 15.3. The Morgan fingerprint density at radius 3 is 1.65 bits per heavy atom. The van der Waals surface area contributed by atoms with Gasteiger partial charge in [0.2, 0.25) is 0 Å². The van der Waals surface area contributed by atoms with Crippen LogP contribution in [-0.4, -0.2) is 26.4 Å². The van der Waals surface area contributed by atoms with Crippen LogP contribution in [0.4, 0.5) is 0 Å². The van der Waals surface area contributed by atoms with Gasteiger partial charge in [-0.05, 0) is 42.5 Å². The maximum atomic E-state index is 6.92. The fourth-order valence-corrected chi connectivity index (χ4v) is 17.2. The van der Waals surface area contributed by atoms with Gasteiger partial charge in [-0.3, -0.25) is 0 Å². The van der Waals surface area contributed by atoms with Gasteiger partial charge in [0.25, 0.3) is 0 Å². The fraction of sp³-hybridized carbons (Fsp3) is 0.237. The number of thiophene rings is 2. The van der Waals surface area contributed by atoms with Crippen molar-refractivity contribution in [1.82, 2.24) is 0 Å². The van der Waals surface area contributed by atoms with E-state index < -0.39 is 7.26 Å². The van der Waals surface area contributed by atoms with Gasteiger partial charge in [0.15, 0.2) is 0 Å². The Morgan fingerprint density at radius 1 is 0.667 bits per heavy atom. The van der Waals surface area contributed by atoms with Crippen molar-refractivity contribution >= 4 is 80.8 Å². The molecular weight excluding hydrogens is 1040 g/mol. The van der Waals surface area contributed by atoms with E-state index in [9.17, 15) is 0 Å². The van der Waals surface area contributed by atoms with Gasteiger partial charge >= 0.3 is 316 Å². The van der Waals surface area contributed by atoms with Crippen LogP contribution in [0.1, 0.15) is 83.3 Å². The summed E-state index contributed by atoms with van der Waals surface area (Å²) in [5.41, 5.74) is 11.1. The Morgan fingerprint density at radius 2 is 1.17 bits per heavy atom. The molecule has 1 aliphatic heterocycles. The molecule has 3 aliphatic rings. The van der Waals surface area contributed by atoms with Crippen LogP contribution in [0.5, 0.6) is 11.5 Å². The molecule has 0 spiro atoms. The minimum atomic E-state index is -2.50. The fourth-order valence-electron chi connectivity index (χ4n) is 9.28. The first-order valence-corrected chi connectivity index (χ1v) is 27.7. The van der Waals surface area contributed by atoms with E-state index in [1.165, 1.54) is 90.9 Å². The maximum absolute atomic E-state index is 6.92. The summed E-state index contributed by atoms with van der Waals surface area (Å²) in [4.78, 5) is 5.04. The third-order valence-corrected chi connectivity index (χ3v) is 20.0. The van der Waals surface area contributed by atoms with Gasteiger partial charge in [0, 0.05) is 9.75 Å². The number of benzene rings is 4. The molecule has 3 heterocycles. The molecule has 2 aromatic heterocycles. The molecule has 2 aliphatic carbocycles. The Labute approximate surface area is 410 Å². The molecule has 335 valence electrons. The number of hydrogen-bond donors (Lipinski definition) is 0. The standard InChI is InChI=1S/C59H57O3PS2.Os/c1-8-19-49-26-27-55(64-49)43-30-51-52(31-43)59(62-36-40(5)6)54-33-44(32-53(54)58(51)61-35-39(3)4)56-28-29-57(65-56)50(34-45-38-60-37-42(45)9-2)41(7)63(46-20-13-10-14-21-46,47-22-15-11-16-23-47)48-24-17-12-18-25-48;/h8-30,33-34,39-40H,31-32,35-38H2,1-6H3;/q+1;/b19-8+,42-9?,45-34?,50-41?;. The predicted octanol–water partition coefficient (Wildman–Crippen LogP) is 14.2. The second-order valence-electron chi connectivity index (χ2n) is 17.9. The van der Waals surface area contributed by atoms with Gasteiger partial charge in [-0.25, -0.2) is 0 Å². The monoisotopic (exact) mass is 1100 g/mol. The topological polar surface area (TPSA) is 27.7 Å². The zero-order valence-corrected chi connectivity index (χ0v) is 43.7. The zero-order chi connectivity index (χ0) is 45.8. The first kappa shape index (κ1) is 46.2. The van der Waals surface area contributed by atoms with Crippen molar-refractivity contribution in [3.63, 3.8) is 0 Å². The van der Waals surface area contributed by atoms with Crippen LogP contribution in [0.15, 0.2) is 150 Å². The Bertz CT molecular complexity index is 2880. The Kier molecular flexibility index (Phi) is 14.4. The van der Waals surface area contributed by atoms with Gasteiger partial charge < -0.3 is 0 Å². The second kappa shape index (κ2) is 20.6. The molecule has 1 saturated heterocycles. The van der Waals surface area contributed by atoms with Crippen LogP contribution >= 0.6 is 29.9 Å². The van der Waals surface area contributed by atoms with Crippen molar-refractivity contribution < 1.29 is 32.2 Å². The van der Waals surface area contributed by atoms with Crippen molar-refractivity contribution in [3.05, 3.63) is 192 Å². The normalized spacial score (nSPS) is 16.2. The first-order chi connectivity index (χ1) is 32.2. The molecule has 9 rings (SSSR count). The Balaban J connectivity index is 1.22. The molecular formula is C59H57O3OsPS2+. The summed E-state index contributed by atoms with van der Waals surface area (Å²) >= 11 is 5.57. The predicted molar refractivity (Wildman–Crippen MR) is 282 cm³/mol. The van der Waals surface area contributed by atoms with Crippen molar-refractivity contribution in [3.8, 4) is 15.9 Å². The minimum absolute atomic E-state index is 0.389. The third-order valence-electron chi connectivity index (χ3n) is 12.3. The van der Waals surface area contributed by atoms with Gasteiger partial charge in [-0.1, -0.05) is 33.8 Å².